The summed E-state index contributed by atoms with van der Waals surface area (Å²) in [5.41, 5.74) is 2.25. The second-order valence-corrected chi connectivity index (χ2v) is 8.51. The molecule has 1 aliphatic rings. The van der Waals surface area contributed by atoms with Gasteiger partial charge < -0.3 is 14.6 Å². The first kappa shape index (κ1) is 22.7. The van der Waals surface area contributed by atoms with E-state index in [2.05, 4.69) is 26.8 Å². The molecule has 0 fully saturated rings. The SMILES string of the molecule is CC(=O)OC1C=C(C)C(OC(=O)c2ccc(O)cc2)CC=C(C)CCCC1(C)C. The van der Waals surface area contributed by atoms with E-state index in [1.54, 1.807) is 0 Å². The molecule has 0 saturated heterocycles. The Bertz CT molecular complexity index is 786. The zero-order valence-corrected chi connectivity index (χ0v) is 18.0. The van der Waals surface area contributed by atoms with Gasteiger partial charge in [0.1, 0.15) is 18.0 Å². The van der Waals surface area contributed by atoms with Gasteiger partial charge in [0.15, 0.2) is 0 Å². The summed E-state index contributed by atoms with van der Waals surface area (Å²) >= 11 is 0. The number of carbonyl (C=O) groups is 2. The van der Waals surface area contributed by atoms with Gasteiger partial charge in [0.2, 0.25) is 0 Å². The molecule has 158 valence electrons. The standard InChI is InChI=1S/C24H32O5/c1-16-7-6-14-24(4,5)22(28-18(3)25)15-17(2)21(13-8-16)29-23(27)19-9-11-20(26)12-10-19/h8-12,15,21-22,26H,6-7,13-14H2,1-5H3. The van der Waals surface area contributed by atoms with Crippen molar-refractivity contribution < 1.29 is 24.2 Å². The maximum absolute atomic E-state index is 12.6. The fourth-order valence-corrected chi connectivity index (χ4v) is 3.44. The Balaban J connectivity index is 2.33. The second-order valence-electron chi connectivity index (χ2n) is 8.51. The largest absolute Gasteiger partial charge is 0.508 e. The molecule has 2 unspecified atom stereocenters. The van der Waals surface area contributed by atoms with E-state index in [0.717, 1.165) is 24.8 Å². The quantitative estimate of drug-likeness (QED) is 0.547. The lowest BCUT2D eigenvalue weighted by atomic mass is 9.80. The van der Waals surface area contributed by atoms with Crippen molar-refractivity contribution in [2.24, 2.45) is 5.41 Å². The van der Waals surface area contributed by atoms with E-state index < -0.39 is 18.2 Å². The number of hydrogen-bond donors (Lipinski definition) is 1. The van der Waals surface area contributed by atoms with Crippen molar-refractivity contribution in [1.82, 2.24) is 0 Å². The highest BCUT2D eigenvalue weighted by molar-refractivity contribution is 5.89. The van der Waals surface area contributed by atoms with Gasteiger partial charge in [0.05, 0.1) is 5.56 Å². The maximum atomic E-state index is 12.6. The third kappa shape index (κ3) is 6.77. The van der Waals surface area contributed by atoms with Crippen molar-refractivity contribution in [3.05, 3.63) is 53.1 Å². The lowest BCUT2D eigenvalue weighted by Gasteiger charge is -2.32. The summed E-state index contributed by atoms with van der Waals surface area (Å²) < 4.78 is 11.4. The molecule has 0 saturated carbocycles. The van der Waals surface area contributed by atoms with Crippen LogP contribution in [-0.2, 0) is 14.3 Å². The van der Waals surface area contributed by atoms with Gasteiger partial charge in [0.25, 0.3) is 0 Å². The number of hydrogen-bond acceptors (Lipinski definition) is 5. The van der Waals surface area contributed by atoms with E-state index in [-0.39, 0.29) is 17.1 Å². The third-order valence-corrected chi connectivity index (χ3v) is 5.41. The van der Waals surface area contributed by atoms with Crippen LogP contribution >= 0.6 is 0 Å². The first-order chi connectivity index (χ1) is 13.6. The van der Waals surface area contributed by atoms with Gasteiger partial charge in [-0.2, -0.15) is 0 Å². The molecule has 5 nitrogen and oxygen atoms in total. The number of aromatic hydroxyl groups is 1. The molecule has 29 heavy (non-hydrogen) atoms. The summed E-state index contributed by atoms with van der Waals surface area (Å²) in [4.78, 5) is 24.3. The number of phenols is 1. The fraction of sp³-hybridized carbons (Fsp3) is 0.500. The molecule has 0 aromatic heterocycles. The summed E-state index contributed by atoms with van der Waals surface area (Å²) in [5.74, 6) is -0.682. The smallest absolute Gasteiger partial charge is 0.338 e. The molecule has 0 radical (unpaired) electrons. The van der Waals surface area contributed by atoms with Crippen LogP contribution in [0, 0.1) is 5.41 Å². The van der Waals surface area contributed by atoms with Gasteiger partial charge in [-0.15, -0.1) is 0 Å². The number of phenolic OH excluding ortho intramolecular Hbond substituents is 1. The van der Waals surface area contributed by atoms with Crippen molar-refractivity contribution in [3.63, 3.8) is 0 Å². The summed E-state index contributed by atoms with van der Waals surface area (Å²) in [6.45, 7) is 9.60. The van der Waals surface area contributed by atoms with E-state index in [4.69, 9.17) is 9.47 Å². The van der Waals surface area contributed by atoms with Crippen LogP contribution in [0.1, 0.15) is 70.7 Å². The Hall–Kier alpha value is -2.56. The van der Waals surface area contributed by atoms with Crippen molar-refractivity contribution >= 4 is 11.9 Å². The molecule has 5 heteroatoms. The van der Waals surface area contributed by atoms with Crippen molar-refractivity contribution in [2.45, 2.75) is 72.5 Å². The van der Waals surface area contributed by atoms with Crippen LogP contribution in [0.5, 0.6) is 5.75 Å². The zero-order valence-electron chi connectivity index (χ0n) is 18.0. The zero-order chi connectivity index (χ0) is 21.6. The van der Waals surface area contributed by atoms with Gasteiger partial charge in [-0.3, -0.25) is 4.79 Å². The average molecular weight is 401 g/mol. The lowest BCUT2D eigenvalue weighted by Crippen LogP contribution is -2.33. The minimum absolute atomic E-state index is 0.0950. The minimum Gasteiger partial charge on any atom is -0.508 e. The molecular formula is C24H32O5. The van der Waals surface area contributed by atoms with Crippen LogP contribution in [-0.4, -0.2) is 29.3 Å². The fourth-order valence-electron chi connectivity index (χ4n) is 3.44. The normalized spacial score (nSPS) is 22.5. The Labute approximate surface area is 173 Å². The predicted molar refractivity (Wildman–Crippen MR) is 113 cm³/mol. The number of allylic oxidation sites excluding steroid dienone is 1. The molecule has 1 N–H and O–H groups in total. The maximum Gasteiger partial charge on any atom is 0.338 e. The molecule has 2 atom stereocenters. The molecule has 0 heterocycles. The summed E-state index contributed by atoms with van der Waals surface area (Å²) in [7, 11) is 0. The minimum atomic E-state index is -0.460. The van der Waals surface area contributed by atoms with Gasteiger partial charge in [-0.25, -0.2) is 4.79 Å². The van der Waals surface area contributed by atoms with Crippen molar-refractivity contribution in [2.75, 3.05) is 0 Å². The Morgan fingerprint density at radius 2 is 1.76 bits per heavy atom. The van der Waals surface area contributed by atoms with Crippen LogP contribution in [0.3, 0.4) is 0 Å². The highest BCUT2D eigenvalue weighted by atomic mass is 16.5. The van der Waals surface area contributed by atoms with E-state index in [1.165, 1.54) is 36.8 Å². The Morgan fingerprint density at radius 3 is 2.38 bits per heavy atom. The molecule has 0 spiro atoms. The van der Waals surface area contributed by atoms with Crippen LogP contribution in [0.25, 0.3) is 0 Å². The molecular weight excluding hydrogens is 368 g/mol. The molecule has 0 amide bonds. The predicted octanol–water partition coefficient (Wildman–Crippen LogP) is 5.34. The van der Waals surface area contributed by atoms with Gasteiger partial charge in [-0.1, -0.05) is 25.5 Å². The first-order valence-corrected chi connectivity index (χ1v) is 10.1. The Morgan fingerprint density at radius 1 is 1.10 bits per heavy atom. The van der Waals surface area contributed by atoms with Crippen LogP contribution < -0.4 is 0 Å². The third-order valence-electron chi connectivity index (χ3n) is 5.41. The first-order valence-electron chi connectivity index (χ1n) is 10.1. The van der Waals surface area contributed by atoms with Crippen LogP contribution in [0.4, 0.5) is 0 Å². The highest BCUT2D eigenvalue weighted by Gasteiger charge is 2.32. The summed E-state index contributed by atoms with van der Waals surface area (Å²) in [5, 5.41) is 9.42. The molecule has 1 aliphatic carbocycles. The number of esters is 2. The molecule has 0 bridgehead atoms. The monoisotopic (exact) mass is 400 g/mol. The van der Waals surface area contributed by atoms with E-state index in [1.807, 2.05) is 13.0 Å². The van der Waals surface area contributed by atoms with E-state index >= 15 is 0 Å². The van der Waals surface area contributed by atoms with E-state index in [0.29, 0.717) is 12.0 Å². The molecule has 1 aromatic rings. The van der Waals surface area contributed by atoms with E-state index in [9.17, 15) is 14.7 Å². The average Bonchev–Trinajstić information content (AvgIpc) is 2.65. The highest BCUT2D eigenvalue weighted by Crippen LogP contribution is 2.34. The van der Waals surface area contributed by atoms with Gasteiger partial charge in [-0.05, 0) is 69.0 Å². The number of benzene rings is 1. The second kappa shape index (κ2) is 9.77. The molecule has 0 aliphatic heterocycles. The molecule has 2 rings (SSSR count). The number of ether oxygens (including phenoxy) is 2. The number of carbonyl (C=O) groups excluding carboxylic acids is 2. The Kier molecular flexibility index (Phi) is 7.66. The summed E-state index contributed by atoms with van der Waals surface area (Å²) in [6, 6.07) is 5.99. The molecule has 1 aromatic carbocycles. The summed E-state index contributed by atoms with van der Waals surface area (Å²) in [6.07, 6.45) is 6.61. The van der Waals surface area contributed by atoms with Crippen molar-refractivity contribution in [3.8, 4) is 5.75 Å². The topological polar surface area (TPSA) is 72.8 Å². The van der Waals surface area contributed by atoms with Crippen LogP contribution in [0.15, 0.2) is 47.6 Å². The lowest BCUT2D eigenvalue weighted by molar-refractivity contribution is -0.149. The van der Waals surface area contributed by atoms with Crippen LogP contribution in [0.2, 0.25) is 0 Å². The van der Waals surface area contributed by atoms with Crippen molar-refractivity contribution in [1.29, 1.82) is 0 Å². The number of rotatable bonds is 3. The van der Waals surface area contributed by atoms with Gasteiger partial charge in [0, 0.05) is 18.8 Å². The van der Waals surface area contributed by atoms with Gasteiger partial charge >= 0.3 is 11.9 Å².